The third kappa shape index (κ3) is 3.52. The summed E-state index contributed by atoms with van der Waals surface area (Å²) in [6, 6.07) is 1.63. The van der Waals surface area contributed by atoms with Crippen LogP contribution in [0.2, 0.25) is 0 Å². The molecule has 0 aliphatic rings. The molecule has 72 valence electrons. The lowest BCUT2D eigenvalue weighted by Crippen LogP contribution is -2.12. The van der Waals surface area contributed by atoms with Crippen LogP contribution < -0.4 is 4.74 Å². The van der Waals surface area contributed by atoms with Crippen molar-refractivity contribution in [2.75, 3.05) is 11.9 Å². The molecule has 0 saturated carbocycles. The quantitative estimate of drug-likeness (QED) is 0.868. The number of rotatable bonds is 4. The minimum atomic E-state index is 0.0665. The maximum absolute atomic E-state index is 9.28. The number of pyridine rings is 1. The molecule has 0 bridgehead atoms. The minimum absolute atomic E-state index is 0.0665. The van der Waals surface area contributed by atoms with Gasteiger partial charge in [0.25, 0.3) is 0 Å². The van der Waals surface area contributed by atoms with E-state index in [2.05, 4.69) is 36.8 Å². The maximum Gasteiger partial charge on any atom is 0.176 e. The Balaban J connectivity index is 2.50. The minimum Gasteiger partial charge on any atom is -0.503 e. The third-order valence-electron chi connectivity index (χ3n) is 1.35. The van der Waals surface area contributed by atoms with E-state index in [4.69, 9.17) is 4.74 Å². The Hall–Kier alpha value is -0.290. The van der Waals surface area contributed by atoms with Crippen LogP contribution in [0.4, 0.5) is 0 Å². The summed E-state index contributed by atoms with van der Waals surface area (Å²) in [4.78, 5) is 3.98. The van der Waals surface area contributed by atoms with Crippen LogP contribution in [0.5, 0.6) is 11.5 Å². The summed E-state index contributed by atoms with van der Waals surface area (Å²) in [5.74, 6) is 0.525. The van der Waals surface area contributed by atoms with Gasteiger partial charge in [-0.15, -0.1) is 0 Å². The first-order valence-electron chi connectivity index (χ1n) is 3.70. The first kappa shape index (κ1) is 10.8. The largest absolute Gasteiger partial charge is 0.503 e. The predicted octanol–water partition coefficient (Wildman–Crippen LogP) is 2.32. The topological polar surface area (TPSA) is 42.4 Å². The number of halogens is 2. The van der Waals surface area contributed by atoms with Crippen molar-refractivity contribution in [2.45, 2.75) is 4.83 Å². The highest BCUT2D eigenvalue weighted by Gasteiger charge is 2.05. The highest BCUT2D eigenvalue weighted by Crippen LogP contribution is 2.23. The Morgan fingerprint density at radius 1 is 1.62 bits per heavy atom. The summed E-state index contributed by atoms with van der Waals surface area (Å²) < 4.78 is 5.32. The van der Waals surface area contributed by atoms with Gasteiger partial charge in [0.1, 0.15) is 6.61 Å². The normalized spacial score (nSPS) is 12.5. The van der Waals surface area contributed by atoms with Gasteiger partial charge < -0.3 is 9.84 Å². The van der Waals surface area contributed by atoms with E-state index in [0.29, 0.717) is 12.4 Å². The Morgan fingerprint density at radius 3 is 3.00 bits per heavy atom. The lowest BCUT2D eigenvalue weighted by Gasteiger charge is -2.09. The number of aromatic nitrogens is 1. The van der Waals surface area contributed by atoms with E-state index in [1.807, 2.05) is 0 Å². The summed E-state index contributed by atoms with van der Waals surface area (Å²) in [5.41, 5.74) is 0. The number of hydrogen-bond donors (Lipinski definition) is 1. The summed E-state index contributed by atoms with van der Waals surface area (Å²) in [6.45, 7) is 0.503. The third-order valence-corrected chi connectivity index (χ3v) is 3.59. The van der Waals surface area contributed by atoms with Crippen LogP contribution in [0.1, 0.15) is 0 Å². The van der Waals surface area contributed by atoms with E-state index < -0.39 is 0 Å². The second-order valence-corrected chi connectivity index (χ2v) is 4.35. The molecule has 0 aliphatic carbocycles. The van der Waals surface area contributed by atoms with Crippen molar-refractivity contribution in [3.8, 4) is 11.5 Å². The zero-order chi connectivity index (χ0) is 9.68. The summed E-state index contributed by atoms with van der Waals surface area (Å²) in [7, 11) is 0. The van der Waals surface area contributed by atoms with Crippen molar-refractivity contribution >= 4 is 31.9 Å². The molecule has 0 saturated heterocycles. The van der Waals surface area contributed by atoms with Gasteiger partial charge in [-0.2, -0.15) is 0 Å². The fourth-order valence-electron chi connectivity index (χ4n) is 0.720. The van der Waals surface area contributed by atoms with Gasteiger partial charge in [-0.25, -0.2) is 0 Å². The van der Waals surface area contributed by atoms with Crippen molar-refractivity contribution in [1.82, 2.24) is 4.98 Å². The van der Waals surface area contributed by atoms with E-state index in [1.54, 1.807) is 12.3 Å². The van der Waals surface area contributed by atoms with Crippen molar-refractivity contribution in [3.63, 3.8) is 0 Å². The molecule has 0 spiro atoms. The molecule has 0 aromatic carbocycles. The highest BCUT2D eigenvalue weighted by atomic mass is 79.9. The lowest BCUT2D eigenvalue weighted by atomic mass is 10.4. The van der Waals surface area contributed by atoms with E-state index in [0.717, 1.165) is 5.33 Å². The molecule has 3 nitrogen and oxygen atoms in total. The second-order valence-electron chi connectivity index (χ2n) is 2.41. The summed E-state index contributed by atoms with van der Waals surface area (Å²) in [5, 5.41) is 10.1. The average molecular weight is 311 g/mol. The van der Waals surface area contributed by atoms with Crippen LogP contribution in [0, 0.1) is 0 Å². The van der Waals surface area contributed by atoms with Gasteiger partial charge in [0.15, 0.2) is 11.5 Å². The number of nitrogens with zero attached hydrogens (tertiary/aromatic N) is 1. The molecular weight excluding hydrogens is 302 g/mol. The van der Waals surface area contributed by atoms with Gasteiger partial charge in [-0.05, 0) is 0 Å². The molecule has 1 heterocycles. The predicted molar refractivity (Wildman–Crippen MR) is 57.9 cm³/mol. The first-order valence-corrected chi connectivity index (χ1v) is 5.73. The molecular formula is C8H9Br2NO2. The zero-order valence-electron chi connectivity index (χ0n) is 6.78. The molecule has 1 atom stereocenters. The van der Waals surface area contributed by atoms with E-state index >= 15 is 0 Å². The lowest BCUT2D eigenvalue weighted by molar-refractivity contribution is 0.305. The van der Waals surface area contributed by atoms with E-state index in [-0.39, 0.29) is 10.6 Å². The van der Waals surface area contributed by atoms with Crippen LogP contribution in [-0.2, 0) is 0 Å². The van der Waals surface area contributed by atoms with Crippen LogP contribution >= 0.6 is 31.9 Å². The van der Waals surface area contributed by atoms with Gasteiger partial charge in [-0.1, -0.05) is 31.9 Å². The molecule has 0 fully saturated rings. The molecule has 1 aromatic rings. The van der Waals surface area contributed by atoms with Crippen molar-refractivity contribution in [3.05, 3.63) is 18.5 Å². The van der Waals surface area contributed by atoms with Crippen molar-refractivity contribution in [1.29, 1.82) is 0 Å². The molecule has 1 aromatic heterocycles. The van der Waals surface area contributed by atoms with Gasteiger partial charge in [-0.3, -0.25) is 4.98 Å². The van der Waals surface area contributed by atoms with Crippen LogP contribution in [0.3, 0.4) is 0 Å². The van der Waals surface area contributed by atoms with Crippen LogP contribution in [0.25, 0.3) is 0 Å². The average Bonchev–Trinajstić information content (AvgIpc) is 2.16. The Kier molecular flexibility index (Phi) is 4.52. The van der Waals surface area contributed by atoms with E-state index in [1.165, 1.54) is 6.20 Å². The summed E-state index contributed by atoms with van der Waals surface area (Å²) >= 11 is 6.69. The van der Waals surface area contributed by atoms with E-state index in [9.17, 15) is 5.11 Å². The first-order chi connectivity index (χ1) is 6.24. The molecule has 5 heteroatoms. The highest BCUT2D eigenvalue weighted by molar-refractivity contribution is 9.12. The fraction of sp³-hybridized carbons (Fsp3) is 0.375. The molecule has 1 rings (SSSR count). The molecule has 1 unspecified atom stereocenters. The number of ether oxygens (including phenoxy) is 1. The van der Waals surface area contributed by atoms with Crippen LogP contribution in [-0.4, -0.2) is 26.9 Å². The molecule has 1 N–H and O–H groups in total. The Labute approximate surface area is 93.4 Å². The summed E-state index contributed by atoms with van der Waals surface area (Å²) in [6.07, 6.45) is 2.93. The van der Waals surface area contributed by atoms with Crippen molar-refractivity contribution < 1.29 is 9.84 Å². The van der Waals surface area contributed by atoms with Gasteiger partial charge in [0.05, 0.1) is 11.0 Å². The van der Waals surface area contributed by atoms with Crippen LogP contribution in [0.15, 0.2) is 18.5 Å². The molecule has 0 amide bonds. The number of hydrogen-bond acceptors (Lipinski definition) is 3. The monoisotopic (exact) mass is 309 g/mol. The maximum atomic E-state index is 9.28. The smallest absolute Gasteiger partial charge is 0.176 e. The fourth-order valence-corrected chi connectivity index (χ4v) is 1.04. The van der Waals surface area contributed by atoms with Gasteiger partial charge in [0.2, 0.25) is 0 Å². The Morgan fingerprint density at radius 2 is 2.38 bits per heavy atom. The zero-order valence-corrected chi connectivity index (χ0v) is 9.95. The number of alkyl halides is 2. The number of aromatic hydroxyl groups is 1. The van der Waals surface area contributed by atoms with Gasteiger partial charge >= 0.3 is 0 Å². The molecule has 13 heavy (non-hydrogen) atoms. The van der Waals surface area contributed by atoms with Crippen molar-refractivity contribution in [2.24, 2.45) is 0 Å². The molecule has 0 radical (unpaired) electrons. The standard InChI is InChI=1S/C8H9Br2NO2/c9-3-6(10)5-13-8-1-2-11-4-7(8)12/h1-2,4,6,12H,3,5H2. The second kappa shape index (κ2) is 5.44. The molecule has 0 aliphatic heterocycles. The SMILES string of the molecule is Oc1cnccc1OCC(Br)CBr. The Bertz CT molecular complexity index is 270. The van der Waals surface area contributed by atoms with Gasteiger partial charge in [0, 0.05) is 17.6 Å².